The van der Waals surface area contributed by atoms with Gasteiger partial charge in [-0.3, -0.25) is 9.63 Å². The Morgan fingerprint density at radius 1 is 1.28 bits per heavy atom. The van der Waals surface area contributed by atoms with E-state index < -0.39 is 27.2 Å². The molecule has 2 heterocycles. The lowest BCUT2D eigenvalue weighted by Gasteiger charge is -2.34. The van der Waals surface area contributed by atoms with E-state index in [2.05, 4.69) is 0 Å². The van der Waals surface area contributed by atoms with Gasteiger partial charge in [-0.2, -0.15) is 5.06 Å². The largest absolute Gasteiger partial charge is 0.466 e. The standard InChI is InChI=1S/C20H31N3O5S/c1-5-27-20(24)16-7-6-12-23(13-16)29(25,26)18-14-28-22(4)19(18)15-8-10-17(11-9-15)21(2)3/h8-11,16,18-19H,5-7,12-14H2,1-4H3. The molecular weight excluding hydrogens is 394 g/mol. The first kappa shape index (κ1) is 22.0. The van der Waals surface area contributed by atoms with Crippen LogP contribution in [0.1, 0.15) is 31.4 Å². The van der Waals surface area contributed by atoms with Crippen molar-refractivity contribution in [2.75, 3.05) is 52.3 Å². The number of nitrogens with zero attached hydrogens (tertiary/aromatic N) is 3. The molecule has 0 aromatic heterocycles. The van der Waals surface area contributed by atoms with Crippen molar-refractivity contribution in [3.05, 3.63) is 29.8 Å². The summed E-state index contributed by atoms with van der Waals surface area (Å²) in [7, 11) is 2.03. The number of sulfonamides is 1. The third kappa shape index (κ3) is 4.58. The molecule has 3 atom stereocenters. The molecule has 0 radical (unpaired) electrons. The van der Waals surface area contributed by atoms with Crippen molar-refractivity contribution in [2.24, 2.45) is 5.92 Å². The molecule has 0 saturated carbocycles. The van der Waals surface area contributed by atoms with Crippen LogP contribution in [0.15, 0.2) is 24.3 Å². The molecule has 162 valence electrons. The molecule has 0 amide bonds. The lowest BCUT2D eigenvalue weighted by molar-refractivity contribution is -0.149. The van der Waals surface area contributed by atoms with Crippen LogP contribution in [0.5, 0.6) is 0 Å². The number of piperidine rings is 1. The van der Waals surface area contributed by atoms with Crippen LogP contribution in [0.2, 0.25) is 0 Å². The van der Waals surface area contributed by atoms with Gasteiger partial charge in [0.25, 0.3) is 0 Å². The number of esters is 1. The summed E-state index contributed by atoms with van der Waals surface area (Å²) in [5.74, 6) is -0.723. The maximum atomic E-state index is 13.5. The average Bonchev–Trinajstić information content (AvgIpc) is 3.10. The number of rotatable bonds is 6. The Bertz CT molecular complexity index is 812. The summed E-state index contributed by atoms with van der Waals surface area (Å²) >= 11 is 0. The van der Waals surface area contributed by atoms with Crippen LogP contribution in [0.4, 0.5) is 5.69 Å². The van der Waals surface area contributed by atoms with E-state index in [9.17, 15) is 13.2 Å². The first-order valence-electron chi connectivity index (χ1n) is 10.0. The smallest absolute Gasteiger partial charge is 0.310 e. The van der Waals surface area contributed by atoms with E-state index in [0.717, 1.165) is 11.3 Å². The van der Waals surface area contributed by atoms with Crippen LogP contribution < -0.4 is 4.90 Å². The quantitative estimate of drug-likeness (QED) is 0.641. The summed E-state index contributed by atoms with van der Waals surface area (Å²) < 4.78 is 33.5. The summed E-state index contributed by atoms with van der Waals surface area (Å²) in [6, 6.07) is 7.45. The van der Waals surface area contributed by atoms with Crippen LogP contribution in [-0.4, -0.2) is 76.5 Å². The summed E-state index contributed by atoms with van der Waals surface area (Å²) in [6.45, 7) is 2.75. The highest BCUT2D eigenvalue weighted by Crippen LogP contribution is 2.36. The lowest BCUT2D eigenvalue weighted by Crippen LogP contribution is -2.48. The van der Waals surface area contributed by atoms with Gasteiger partial charge in [-0.15, -0.1) is 0 Å². The molecule has 1 aromatic rings. The van der Waals surface area contributed by atoms with E-state index in [0.29, 0.717) is 26.0 Å². The van der Waals surface area contributed by atoms with Crippen molar-refractivity contribution < 1.29 is 22.8 Å². The molecule has 8 nitrogen and oxygen atoms in total. The van der Waals surface area contributed by atoms with Gasteiger partial charge in [0, 0.05) is 39.9 Å². The van der Waals surface area contributed by atoms with Crippen LogP contribution >= 0.6 is 0 Å². The van der Waals surface area contributed by atoms with Crippen molar-refractivity contribution in [2.45, 2.75) is 31.1 Å². The number of carbonyl (C=O) groups excluding carboxylic acids is 1. The number of anilines is 1. The van der Waals surface area contributed by atoms with Gasteiger partial charge in [0.05, 0.1) is 25.2 Å². The van der Waals surface area contributed by atoms with E-state index in [1.165, 1.54) is 4.31 Å². The minimum absolute atomic E-state index is 0.0967. The van der Waals surface area contributed by atoms with Crippen LogP contribution in [0.25, 0.3) is 0 Å². The molecule has 2 aliphatic rings. The van der Waals surface area contributed by atoms with Gasteiger partial charge in [-0.1, -0.05) is 12.1 Å². The molecule has 9 heteroatoms. The highest BCUT2D eigenvalue weighted by atomic mass is 32.2. The van der Waals surface area contributed by atoms with Gasteiger partial charge in [-0.05, 0) is 37.5 Å². The van der Waals surface area contributed by atoms with E-state index in [-0.39, 0.29) is 19.1 Å². The highest BCUT2D eigenvalue weighted by molar-refractivity contribution is 7.89. The number of benzene rings is 1. The summed E-state index contributed by atoms with van der Waals surface area (Å²) in [6.07, 6.45) is 1.30. The number of ether oxygens (including phenoxy) is 1. The number of hydrogen-bond donors (Lipinski definition) is 0. The van der Waals surface area contributed by atoms with Gasteiger partial charge < -0.3 is 9.64 Å². The zero-order valence-corrected chi connectivity index (χ0v) is 18.4. The Labute approximate surface area is 173 Å². The molecule has 0 bridgehead atoms. The first-order valence-corrected chi connectivity index (χ1v) is 11.5. The molecule has 2 fully saturated rings. The third-order valence-electron chi connectivity index (χ3n) is 5.68. The van der Waals surface area contributed by atoms with E-state index in [4.69, 9.17) is 9.57 Å². The minimum atomic E-state index is -3.65. The molecule has 3 unspecified atom stereocenters. The Morgan fingerprint density at radius 2 is 1.97 bits per heavy atom. The second kappa shape index (κ2) is 8.99. The highest BCUT2D eigenvalue weighted by Gasteiger charge is 2.47. The zero-order chi connectivity index (χ0) is 21.2. The number of hydroxylamine groups is 2. The Morgan fingerprint density at radius 3 is 2.59 bits per heavy atom. The molecule has 3 rings (SSSR count). The third-order valence-corrected chi connectivity index (χ3v) is 7.89. The summed E-state index contributed by atoms with van der Waals surface area (Å²) in [4.78, 5) is 19.8. The topological polar surface area (TPSA) is 79.4 Å². The van der Waals surface area contributed by atoms with Crippen LogP contribution in [0, 0.1) is 5.92 Å². The first-order chi connectivity index (χ1) is 13.8. The van der Waals surface area contributed by atoms with E-state index in [1.54, 1.807) is 19.0 Å². The molecule has 0 aliphatic carbocycles. The van der Waals surface area contributed by atoms with E-state index in [1.807, 2.05) is 43.3 Å². The SMILES string of the molecule is CCOC(=O)C1CCCN(S(=O)(=O)C2CON(C)C2c2ccc(N(C)C)cc2)C1. The van der Waals surface area contributed by atoms with Crippen molar-refractivity contribution >= 4 is 21.7 Å². The molecule has 2 saturated heterocycles. The number of hydrogen-bond acceptors (Lipinski definition) is 7. The summed E-state index contributed by atoms with van der Waals surface area (Å²) in [5.41, 5.74) is 1.94. The lowest BCUT2D eigenvalue weighted by atomic mass is 10.0. The van der Waals surface area contributed by atoms with Gasteiger partial charge in [-0.25, -0.2) is 12.7 Å². The molecule has 29 heavy (non-hydrogen) atoms. The Balaban J connectivity index is 1.82. The van der Waals surface area contributed by atoms with Gasteiger partial charge in [0.2, 0.25) is 10.0 Å². The Kier molecular flexibility index (Phi) is 6.83. The normalized spacial score (nSPS) is 26.4. The van der Waals surface area contributed by atoms with Gasteiger partial charge >= 0.3 is 5.97 Å². The van der Waals surface area contributed by atoms with Crippen molar-refractivity contribution in [1.82, 2.24) is 9.37 Å². The maximum absolute atomic E-state index is 13.5. The predicted octanol–water partition coefficient (Wildman–Crippen LogP) is 1.64. The molecule has 1 aromatic carbocycles. The molecule has 0 spiro atoms. The second-order valence-corrected chi connectivity index (χ2v) is 9.96. The molecule has 0 N–H and O–H groups in total. The maximum Gasteiger partial charge on any atom is 0.310 e. The average molecular weight is 426 g/mol. The van der Waals surface area contributed by atoms with Crippen molar-refractivity contribution in [3.8, 4) is 0 Å². The van der Waals surface area contributed by atoms with E-state index >= 15 is 0 Å². The second-order valence-electron chi connectivity index (χ2n) is 7.81. The molecule has 2 aliphatic heterocycles. The van der Waals surface area contributed by atoms with Crippen LogP contribution in [0.3, 0.4) is 0 Å². The predicted molar refractivity (Wildman–Crippen MR) is 111 cm³/mol. The fourth-order valence-electron chi connectivity index (χ4n) is 4.06. The van der Waals surface area contributed by atoms with Crippen LogP contribution in [-0.2, 0) is 24.4 Å². The fourth-order valence-corrected chi connectivity index (χ4v) is 6.10. The van der Waals surface area contributed by atoms with Crippen molar-refractivity contribution in [1.29, 1.82) is 0 Å². The molecular formula is C20H31N3O5S. The zero-order valence-electron chi connectivity index (χ0n) is 17.6. The monoisotopic (exact) mass is 425 g/mol. The minimum Gasteiger partial charge on any atom is -0.466 e. The van der Waals surface area contributed by atoms with Crippen molar-refractivity contribution in [3.63, 3.8) is 0 Å². The number of carbonyl (C=O) groups is 1. The fraction of sp³-hybridized carbons (Fsp3) is 0.650. The van der Waals surface area contributed by atoms with Gasteiger partial charge in [0.15, 0.2) is 0 Å². The van der Waals surface area contributed by atoms with Gasteiger partial charge in [0.1, 0.15) is 5.25 Å². The Hall–Kier alpha value is -1.68. The summed E-state index contributed by atoms with van der Waals surface area (Å²) in [5, 5.41) is 0.901.